The van der Waals surface area contributed by atoms with Gasteiger partial charge >= 0.3 is 0 Å². The molecule has 19 heavy (non-hydrogen) atoms. The third kappa shape index (κ3) is 3.28. The second-order valence-electron chi connectivity index (χ2n) is 4.97. The standard InChI is InChI=1S/C11H18ClN3O3S/c1-15-7-13-11(10(15)12)19(17,18)14-9-4-2-8(6-16)3-5-9/h7-9,14,16H,2-6H2,1H3. The highest BCUT2D eigenvalue weighted by Crippen LogP contribution is 2.26. The van der Waals surface area contributed by atoms with Crippen molar-refractivity contribution in [3.8, 4) is 0 Å². The Bertz CT molecular complexity index is 535. The highest BCUT2D eigenvalue weighted by Gasteiger charge is 2.28. The van der Waals surface area contributed by atoms with Crippen LogP contribution < -0.4 is 4.72 Å². The van der Waals surface area contributed by atoms with E-state index in [0.717, 1.165) is 25.7 Å². The summed E-state index contributed by atoms with van der Waals surface area (Å²) in [5, 5.41) is 9.04. The molecule has 8 heteroatoms. The molecule has 0 spiro atoms. The summed E-state index contributed by atoms with van der Waals surface area (Å²) in [6, 6.07) is -0.106. The molecular weight excluding hydrogens is 290 g/mol. The van der Waals surface area contributed by atoms with Crippen molar-refractivity contribution >= 4 is 21.6 Å². The lowest BCUT2D eigenvalue weighted by Crippen LogP contribution is -2.38. The van der Waals surface area contributed by atoms with Crippen LogP contribution in [0.25, 0.3) is 0 Å². The first-order chi connectivity index (χ1) is 8.94. The molecule has 0 atom stereocenters. The van der Waals surface area contributed by atoms with Gasteiger partial charge in [-0.2, -0.15) is 0 Å². The smallest absolute Gasteiger partial charge is 0.261 e. The average Bonchev–Trinajstić information content (AvgIpc) is 2.71. The maximum Gasteiger partial charge on any atom is 0.261 e. The third-order valence-electron chi connectivity index (χ3n) is 3.52. The molecule has 1 heterocycles. The molecule has 1 fully saturated rings. The number of nitrogens with zero attached hydrogens (tertiary/aromatic N) is 2. The van der Waals surface area contributed by atoms with E-state index < -0.39 is 10.0 Å². The first-order valence-electron chi connectivity index (χ1n) is 6.24. The van der Waals surface area contributed by atoms with E-state index in [2.05, 4.69) is 9.71 Å². The van der Waals surface area contributed by atoms with Crippen molar-refractivity contribution in [3.05, 3.63) is 11.5 Å². The first kappa shape index (κ1) is 14.8. The largest absolute Gasteiger partial charge is 0.396 e. The fourth-order valence-electron chi connectivity index (χ4n) is 2.31. The Balaban J connectivity index is 2.04. The molecule has 1 aliphatic rings. The van der Waals surface area contributed by atoms with Crippen molar-refractivity contribution in [3.63, 3.8) is 0 Å². The summed E-state index contributed by atoms with van der Waals surface area (Å²) in [5.41, 5.74) is 0. The van der Waals surface area contributed by atoms with Crippen LogP contribution in [0.2, 0.25) is 5.15 Å². The van der Waals surface area contributed by atoms with Gasteiger partial charge in [0.1, 0.15) is 5.15 Å². The summed E-state index contributed by atoms with van der Waals surface area (Å²) in [6.07, 6.45) is 4.50. The SMILES string of the molecule is Cn1cnc(S(=O)(=O)NC2CCC(CO)CC2)c1Cl. The molecule has 0 bridgehead atoms. The first-order valence-corrected chi connectivity index (χ1v) is 8.10. The number of nitrogens with one attached hydrogen (secondary N) is 1. The van der Waals surface area contributed by atoms with Gasteiger partial charge in [0.25, 0.3) is 10.0 Å². The minimum Gasteiger partial charge on any atom is -0.396 e. The number of hydrogen-bond acceptors (Lipinski definition) is 4. The number of imidazole rings is 1. The Hall–Kier alpha value is -0.630. The molecule has 1 aromatic heterocycles. The molecule has 108 valence electrons. The van der Waals surface area contributed by atoms with E-state index in [1.54, 1.807) is 7.05 Å². The van der Waals surface area contributed by atoms with Gasteiger partial charge in [-0.1, -0.05) is 11.6 Å². The number of sulfonamides is 1. The van der Waals surface area contributed by atoms with E-state index in [-0.39, 0.29) is 22.8 Å². The predicted molar refractivity (Wildman–Crippen MR) is 71.4 cm³/mol. The molecule has 0 radical (unpaired) electrons. The van der Waals surface area contributed by atoms with Crippen molar-refractivity contribution in [2.75, 3.05) is 6.61 Å². The normalized spacial score (nSPS) is 24.6. The lowest BCUT2D eigenvalue weighted by Gasteiger charge is -2.27. The van der Waals surface area contributed by atoms with Gasteiger partial charge < -0.3 is 9.67 Å². The maximum absolute atomic E-state index is 12.2. The van der Waals surface area contributed by atoms with E-state index >= 15 is 0 Å². The van der Waals surface area contributed by atoms with E-state index in [4.69, 9.17) is 16.7 Å². The zero-order valence-corrected chi connectivity index (χ0v) is 12.3. The van der Waals surface area contributed by atoms with Crippen molar-refractivity contribution in [2.45, 2.75) is 36.8 Å². The van der Waals surface area contributed by atoms with Crippen molar-refractivity contribution in [1.29, 1.82) is 0 Å². The van der Waals surface area contributed by atoms with Gasteiger partial charge in [-0.15, -0.1) is 0 Å². The fourth-order valence-corrected chi connectivity index (χ4v) is 4.05. The maximum atomic E-state index is 12.2. The molecule has 1 saturated carbocycles. The monoisotopic (exact) mass is 307 g/mol. The molecule has 0 aliphatic heterocycles. The van der Waals surface area contributed by atoms with E-state index in [1.165, 1.54) is 10.9 Å². The summed E-state index contributed by atoms with van der Waals surface area (Å²) < 4.78 is 28.4. The Kier molecular flexibility index (Phi) is 4.50. The lowest BCUT2D eigenvalue weighted by molar-refractivity contribution is 0.180. The van der Waals surface area contributed by atoms with Gasteiger partial charge in [0, 0.05) is 19.7 Å². The molecule has 2 rings (SSSR count). The zero-order valence-electron chi connectivity index (χ0n) is 10.7. The van der Waals surface area contributed by atoms with Crippen LogP contribution >= 0.6 is 11.6 Å². The van der Waals surface area contributed by atoms with E-state index in [0.29, 0.717) is 5.92 Å². The van der Waals surface area contributed by atoms with Gasteiger partial charge in [-0.05, 0) is 31.6 Å². The number of aliphatic hydroxyl groups excluding tert-OH is 1. The molecular formula is C11H18ClN3O3S. The van der Waals surface area contributed by atoms with E-state index in [1.807, 2.05) is 0 Å². The third-order valence-corrected chi connectivity index (χ3v) is 5.52. The molecule has 1 aliphatic carbocycles. The topological polar surface area (TPSA) is 84.2 Å². The fraction of sp³-hybridized carbons (Fsp3) is 0.727. The number of halogens is 1. The Morgan fingerprint density at radius 3 is 2.58 bits per heavy atom. The number of aryl methyl sites for hydroxylation is 1. The van der Waals surface area contributed by atoms with Crippen LogP contribution in [0.4, 0.5) is 0 Å². The Labute approximate surface area is 117 Å². The van der Waals surface area contributed by atoms with Gasteiger partial charge in [0.15, 0.2) is 0 Å². The molecule has 0 amide bonds. The molecule has 0 unspecified atom stereocenters. The minimum atomic E-state index is -3.67. The van der Waals surface area contributed by atoms with Crippen LogP contribution in [0.5, 0.6) is 0 Å². The molecule has 1 aromatic rings. The molecule has 0 saturated heterocycles. The van der Waals surface area contributed by atoms with Gasteiger partial charge in [-0.25, -0.2) is 18.1 Å². The zero-order chi connectivity index (χ0) is 14.0. The van der Waals surface area contributed by atoms with Crippen LogP contribution in [0.3, 0.4) is 0 Å². The van der Waals surface area contributed by atoms with Crippen LogP contribution in [0, 0.1) is 5.92 Å². The van der Waals surface area contributed by atoms with Crippen molar-refractivity contribution in [2.24, 2.45) is 13.0 Å². The quantitative estimate of drug-likeness (QED) is 0.865. The van der Waals surface area contributed by atoms with Crippen LogP contribution in [-0.2, 0) is 17.1 Å². The van der Waals surface area contributed by atoms with Gasteiger partial charge in [0.2, 0.25) is 5.03 Å². The Morgan fingerprint density at radius 1 is 1.47 bits per heavy atom. The number of aliphatic hydroxyl groups is 1. The van der Waals surface area contributed by atoms with Crippen LogP contribution in [0.1, 0.15) is 25.7 Å². The van der Waals surface area contributed by atoms with Crippen LogP contribution in [-0.4, -0.2) is 35.7 Å². The number of aromatic nitrogens is 2. The lowest BCUT2D eigenvalue weighted by atomic mass is 9.87. The summed E-state index contributed by atoms with van der Waals surface area (Å²) in [6.45, 7) is 0.172. The van der Waals surface area contributed by atoms with Crippen molar-refractivity contribution in [1.82, 2.24) is 14.3 Å². The summed E-state index contributed by atoms with van der Waals surface area (Å²) in [5.74, 6) is 0.291. The van der Waals surface area contributed by atoms with Crippen LogP contribution in [0.15, 0.2) is 11.4 Å². The second kappa shape index (κ2) is 5.78. The molecule has 0 aromatic carbocycles. The van der Waals surface area contributed by atoms with Crippen molar-refractivity contribution < 1.29 is 13.5 Å². The van der Waals surface area contributed by atoms with Gasteiger partial charge in [0.05, 0.1) is 6.33 Å². The predicted octanol–water partition coefficient (Wildman–Crippen LogP) is 0.903. The molecule has 2 N–H and O–H groups in total. The minimum absolute atomic E-state index is 0.106. The highest BCUT2D eigenvalue weighted by molar-refractivity contribution is 7.89. The average molecular weight is 308 g/mol. The molecule has 6 nitrogen and oxygen atoms in total. The second-order valence-corrected chi connectivity index (χ2v) is 6.96. The summed E-state index contributed by atoms with van der Waals surface area (Å²) in [4.78, 5) is 3.82. The number of rotatable bonds is 4. The summed E-state index contributed by atoms with van der Waals surface area (Å²) >= 11 is 5.90. The Morgan fingerprint density at radius 2 is 2.11 bits per heavy atom. The summed E-state index contributed by atoms with van der Waals surface area (Å²) in [7, 11) is -2.03. The number of hydrogen-bond donors (Lipinski definition) is 2. The van der Waals surface area contributed by atoms with Gasteiger partial charge in [-0.3, -0.25) is 0 Å². The highest BCUT2D eigenvalue weighted by atomic mass is 35.5. The van der Waals surface area contributed by atoms with E-state index in [9.17, 15) is 8.42 Å².